The lowest BCUT2D eigenvalue weighted by atomic mass is 9.96. The molecule has 0 radical (unpaired) electrons. The second kappa shape index (κ2) is 6.21. The van der Waals surface area contributed by atoms with E-state index in [9.17, 15) is 5.11 Å². The van der Waals surface area contributed by atoms with E-state index >= 15 is 0 Å². The van der Waals surface area contributed by atoms with Gasteiger partial charge < -0.3 is 9.84 Å². The van der Waals surface area contributed by atoms with Crippen molar-refractivity contribution in [3.63, 3.8) is 0 Å². The van der Waals surface area contributed by atoms with Gasteiger partial charge >= 0.3 is 0 Å². The van der Waals surface area contributed by atoms with Crippen LogP contribution in [0.5, 0.6) is 5.88 Å². The first kappa shape index (κ1) is 17.2. The predicted molar refractivity (Wildman–Crippen MR) is 102 cm³/mol. The molecule has 138 valence electrons. The third-order valence-corrected chi connectivity index (χ3v) is 4.53. The van der Waals surface area contributed by atoms with Crippen molar-refractivity contribution in [1.82, 2.24) is 24.4 Å². The maximum atomic E-state index is 10.3. The molecule has 0 aliphatic heterocycles. The van der Waals surface area contributed by atoms with Crippen LogP contribution in [0, 0.1) is 0 Å². The average Bonchev–Trinajstić information content (AvgIpc) is 3.25. The topological polar surface area (TPSA) is 77.5 Å². The summed E-state index contributed by atoms with van der Waals surface area (Å²) in [5, 5.41) is 19.2. The number of hydrogen-bond donors (Lipinski definition) is 1. The lowest BCUT2D eigenvalue weighted by molar-refractivity contribution is 0.0786. The molecule has 7 heteroatoms. The number of methoxy groups -OCH3 is 1. The van der Waals surface area contributed by atoms with E-state index in [1.54, 1.807) is 42.5 Å². The van der Waals surface area contributed by atoms with Crippen molar-refractivity contribution in [2.45, 2.75) is 19.4 Å². The molecule has 27 heavy (non-hydrogen) atoms. The fraction of sp³-hybridized carbons (Fsp3) is 0.250. The maximum Gasteiger partial charge on any atom is 0.239 e. The Labute approximate surface area is 156 Å². The van der Waals surface area contributed by atoms with Gasteiger partial charge in [-0.25, -0.2) is 9.50 Å². The second-order valence-corrected chi connectivity index (χ2v) is 7.02. The van der Waals surface area contributed by atoms with E-state index in [0.29, 0.717) is 11.5 Å². The molecule has 3 heterocycles. The molecule has 1 aromatic carbocycles. The van der Waals surface area contributed by atoms with E-state index in [4.69, 9.17) is 4.74 Å². The summed E-state index contributed by atoms with van der Waals surface area (Å²) in [6.45, 7) is 3.53. The van der Waals surface area contributed by atoms with Crippen molar-refractivity contribution in [2.24, 2.45) is 7.05 Å². The molecule has 3 aromatic heterocycles. The monoisotopic (exact) mass is 363 g/mol. The number of aromatic nitrogens is 5. The Balaban J connectivity index is 1.87. The minimum Gasteiger partial charge on any atom is -0.480 e. The first-order valence-corrected chi connectivity index (χ1v) is 8.62. The zero-order chi connectivity index (χ0) is 19.2. The highest BCUT2D eigenvalue weighted by Crippen LogP contribution is 2.31. The van der Waals surface area contributed by atoms with Crippen LogP contribution in [0.25, 0.3) is 28.0 Å². The molecule has 0 bridgehead atoms. The van der Waals surface area contributed by atoms with Gasteiger partial charge in [0.1, 0.15) is 0 Å². The van der Waals surface area contributed by atoms with Gasteiger partial charge in [-0.05, 0) is 31.5 Å². The molecule has 0 fully saturated rings. The lowest BCUT2D eigenvalue weighted by Crippen LogP contribution is -2.15. The maximum absolute atomic E-state index is 10.3. The van der Waals surface area contributed by atoms with Gasteiger partial charge in [-0.1, -0.05) is 18.2 Å². The van der Waals surface area contributed by atoms with Crippen LogP contribution >= 0.6 is 0 Å². The van der Waals surface area contributed by atoms with E-state index < -0.39 is 5.60 Å². The summed E-state index contributed by atoms with van der Waals surface area (Å²) >= 11 is 0. The van der Waals surface area contributed by atoms with Crippen LogP contribution in [0.2, 0.25) is 0 Å². The number of fused-ring (bicyclic) bond motifs is 1. The van der Waals surface area contributed by atoms with Crippen molar-refractivity contribution in [1.29, 1.82) is 0 Å². The smallest absolute Gasteiger partial charge is 0.239 e. The molecule has 4 aromatic rings. The van der Waals surface area contributed by atoms with Crippen LogP contribution in [0.15, 0.2) is 48.9 Å². The normalized spacial score (nSPS) is 11.9. The van der Waals surface area contributed by atoms with Crippen LogP contribution in [0.1, 0.15) is 19.4 Å². The molecule has 0 unspecified atom stereocenters. The molecule has 7 nitrogen and oxygen atoms in total. The molecular formula is C20H21N5O2. The first-order valence-electron chi connectivity index (χ1n) is 8.62. The highest BCUT2D eigenvalue weighted by atomic mass is 16.5. The summed E-state index contributed by atoms with van der Waals surface area (Å²) in [6, 6.07) is 9.69. The van der Waals surface area contributed by atoms with Gasteiger partial charge in [0, 0.05) is 24.4 Å². The minimum atomic E-state index is -0.922. The summed E-state index contributed by atoms with van der Waals surface area (Å²) in [4.78, 5) is 4.51. The average molecular weight is 363 g/mol. The molecule has 1 N–H and O–H groups in total. The zero-order valence-corrected chi connectivity index (χ0v) is 15.7. The molecule has 0 saturated carbocycles. The number of aryl methyl sites for hydroxylation is 1. The largest absolute Gasteiger partial charge is 0.480 e. The standard InChI is InChI=1S/C20H21N5O2/c1-20(2,26)15-7-5-6-13(8-15)17-11-21-18-9-16(14-10-22-24(3)12-14)19(27-4)23-25(17)18/h5-12,26H,1-4H3. The SMILES string of the molecule is COc1nn2c(-c3cccc(C(C)(C)O)c3)cnc2cc1-c1cnn(C)c1. The fourth-order valence-corrected chi connectivity index (χ4v) is 3.07. The van der Waals surface area contributed by atoms with Crippen LogP contribution < -0.4 is 4.74 Å². The van der Waals surface area contributed by atoms with Gasteiger partial charge in [0.25, 0.3) is 0 Å². The van der Waals surface area contributed by atoms with E-state index in [2.05, 4.69) is 15.2 Å². The van der Waals surface area contributed by atoms with E-state index in [1.807, 2.05) is 43.6 Å². The van der Waals surface area contributed by atoms with E-state index in [1.165, 1.54) is 0 Å². The van der Waals surface area contributed by atoms with Crippen molar-refractivity contribution >= 4 is 5.65 Å². The third kappa shape index (κ3) is 3.06. The van der Waals surface area contributed by atoms with Crippen LogP contribution in [-0.4, -0.2) is 36.6 Å². The quantitative estimate of drug-likeness (QED) is 0.603. The van der Waals surface area contributed by atoms with Crippen molar-refractivity contribution in [2.75, 3.05) is 7.11 Å². The molecule has 0 atom stereocenters. The number of imidazole rings is 1. The number of rotatable bonds is 4. The van der Waals surface area contributed by atoms with E-state index in [-0.39, 0.29) is 0 Å². The lowest BCUT2D eigenvalue weighted by Gasteiger charge is -2.18. The van der Waals surface area contributed by atoms with Gasteiger partial charge in [-0.2, -0.15) is 5.10 Å². The van der Waals surface area contributed by atoms with Gasteiger partial charge in [0.05, 0.1) is 36.4 Å². The molecule has 0 aliphatic rings. The Hall–Kier alpha value is -3.19. The minimum absolute atomic E-state index is 0.494. The molecule has 4 rings (SSSR count). The van der Waals surface area contributed by atoms with Crippen LogP contribution in [0.3, 0.4) is 0 Å². The highest BCUT2D eigenvalue weighted by molar-refractivity contribution is 5.73. The Bertz CT molecular complexity index is 1120. The summed E-state index contributed by atoms with van der Waals surface area (Å²) in [5.74, 6) is 0.494. The molecular weight excluding hydrogens is 342 g/mol. The number of nitrogens with zero attached hydrogens (tertiary/aromatic N) is 5. The van der Waals surface area contributed by atoms with Gasteiger partial charge in [0.15, 0.2) is 5.65 Å². The van der Waals surface area contributed by atoms with Crippen molar-refractivity contribution in [3.8, 4) is 28.3 Å². The summed E-state index contributed by atoms with van der Waals surface area (Å²) in [6.07, 6.45) is 5.46. The summed E-state index contributed by atoms with van der Waals surface area (Å²) in [5.41, 5.74) is 4.11. The fourth-order valence-electron chi connectivity index (χ4n) is 3.07. The molecule has 0 aliphatic carbocycles. The Kier molecular flexibility index (Phi) is 3.96. The number of ether oxygens (including phenoxy) is 1. The Morgan fingerprint density at radius 1 is 1.11 bits per heavy atom. The predicted octanol–water partition coefficient (Wildman–Crippen LogP) is 3.03. The van der Waals surface area contributed by atoms with Gasteiger partial charge in [-0.3, -0.25) is 4.68 Å². The zero-order valence-electron chi connectivity index (χ0n) is 15.7. The summed E-state index contributed by atoms with van der Waals surface area (Å²) < 4.78 is 9.00. The summed E-state index contributed by atoms with van der Waals surface area (Å²) in [7, 11) is 3.46. The molecule has 0 saturated heterocycles. The second-order valence-electron chi connectivity index (χ2n) is 7.02. The third-order valence-electron chi connectivity index (χ3n) is 4.53. The van der Waals surface area contributed by atoms with Gasteiger partial charge in [0.2, 0.25) is 5.88 Å². The Morgan fingerprint density at radius 3 is 2.59 bits per heavy atom. The molecule has 0 spiro atoms. The Morgan fingerprint density at radius 2 is 1.93 bits per heavy atom. The highest BCUT2D eigenvalue weighted by Gasteiger charge is 2.19. The van der Waals surface area contributed by atoms with Crippen molar-refractivity contribution in [3.05, 3.63) is 54.5 Å². The van der Waals surface area contributed by atoms with Crippen LogP contribution in [-0.2, 0) is 12.6 Å². The number of aliphatic hydroxyl groups is 1. The first-order chi connectivity index (χ1) is 12.9. The van der Waals surface area contributed by atoms with Crippen LogP contribution in [0.4, 0.5) is 0 Å². The number of benzene rings is 1. The van der Waals surface area contributed by atoms with E-state index in [0.717, 1.165) is 27.9 Å². The molecule has 0 amide bonds. The van der Waals surface area contributed by atoms with Gasteiger partial charge in [-0.15, -0.1) is 5.10 Å². The number of hydrogen-bond acceptors (Lipinski definition) is 5. The van der Waals surface area contributed by atoms with Crippen molar-refractivity contribution < 1.29 is 9.84 Å².